The number of amides is 1. The van der Waals surface area contributed by atoms with Crippen molar-refractivity contribution in [3.8, 4) is 0 Å². The lowest BCUT2D eigenvalue weighted by molar-refractivity contribution is -0.116. The molecule has 0 aliphatic rings. The Bertz CT molecular complexity index is 877. The zero-order valence-corrected chi connectivity index (χ0v) is 16.3. The maximum absolute atomic E-state index is 12.4. The number of nitrogens with one attached hydrogen (secondary N) is 3. The average molecular weight is 375 g/mol. The van der Waals surface area contributed by atoms with Crippen molar-refractivity contribution >= 4 is 33.0 Å². The molecule has 0 aliphatic heterocycles. The molecule has 0 spiro atoms. The van der Waals surface area contributed by atoms with Gasteiger partial charge in [0.25, 0.3) is 0 Å². The van der Waals surface area contributed by atoms with Crippen LogP contribution < -0.4 is 15.4 Å². The monoisotopic (exact) mass is 375 g/mol. The first kappa shape index (κ1) is 19.8. The number of sulfonamides is 1. The summed E-state index contributed by atoms with van der Waals surface area (Å²) in [6, 6.07) is 12.5. The number of rotatable bonds is 7. The van der Waals surface area contributed by atoms with Crippen molar-refractivity contribution in [1.29, 1.82) is 0 Å². The van der Waals surface area contributed by atoms with Crippen LogP contribution >= 0.6 is 0 Å². The van der Waals surface area contributed by atoms with E-state index in [2.05, 4.69) is 22.3 Å². The number of hydrogen-bond donors (Lipinski definition) is 3. The third kappa shape index (κ3) is 5.77. The quantitative estimate of drug-likeness (QED) is 0.692. The van der Waals surface area contributed by atoms with Crippen molar-refractivity contribution in [2.24, 2.45) is 0 Å². The zero-order chi connectivity index (χ0) is 19.3. The van der Waals surface area contributed by atoms with Crippen LogP contribution in [0.3, 0.4) is 0 Å². The normalized spacial score (nSPS) is 12.3. The number of carbonyl (C=O) groups is 1. The summed E-state index contributed by atoms with van der Waals surface area (Å²) in [4.78, 5) is 12.4. The van der Waals surface area contributed by atoms with Gasteiger partial charge in [-0.1, -0.05) is 25.1 Å². The molecule has 0 saturated carbocycles. The molecule has 3 N–H and O–H groups in total. The summed E-state index contributed by atoms with van der Waals surface area (Å²) in [5, 5.41) is 5.96. The standard InChI is InChI=1S/C19H25N3O3S/c1-5-15-7-10-16(11-8-15)21-19(23)14(3)20-17-9-6-13(2)18(12-17)22-26(4,24)25/h6-12,14,20,22H,5H2,1-4H3,(H,21,23)/t14-/m1/s1. The molecule has 7 heteroatoms. The fraction of sp³-hybridized carbons (Fsp3) is 0.316. The van der Waals surface area contributed by atoms with Gasteiger partial charge in [0.15, 0.2) is 0 Å². The lowest BCUT2D eigenvalue weighted by Gasteiger charge is -2.17. The first-order chi connectivity index (χ1) is 12.2. The minimum atomic E-state index is -3.36. The van der Waals surface area contributed by atoms with Crippen LogP contribution in [0.15, 0.2) is 42.5 Å². The van der Waals surface area contributed by atoms with Crippen molar-refractivity contribution in [3.63, 3.8) is 0 Å². The smallest absolute Gasteiger partial charge is 0.246 e. The Balaban J connectivity index is 2.04. The van der Waals surface area contributed by atoms with Crippen LogP contribution in [0.5, 0.6) is 0 Å². The predicted molar refractivity (Wildman–Crippen MR) is 107 cm³/mol. The highest BCUT2D eigenvalue weighted by Gasteiger charge is 2.14. The van der Waals surface area contributed by atoms with Gasteiger partial charge in [0.1, 0.15) is 6.04 Å². The fourth-order valence-corrected chi connectivity index (χ4v) is 3.03. The second-order valence-corrected chi connectivity index (χ2v) is 8.06. The molecular formula is C19H25N3O3S. The Hall–Kier alpha value is -2.54. The molecule has 0 aromatic heterocycles. The highest BCUT2D eigenvalue weighted by Crippen LogP contribution is 2.22. The van der Waals surface area contributed by atoms with Gasteiger partial charge in [-0.05, 0) is 55.7 Å². The van der Waals surface area contributed by atoms with Crippen LogP contribution in [-0.4, -0.2) is 26.6 Å². The van der Waals surface area contributed by atoms with E-state index in [9.17, 15) is 13.2 Å². The van der Waals surface area contributed by atoms with E-state index in [-0.39, 0.29) is 5.91 Å². The van der Waals surface area contributed by atoms with Gasteiger partial charge < -0.3 is 10.6 Å². The second-order valence-electron chi connectivity index (χ2n) is 6.31. The summed E-state index contributed by atoms with van der Waals surface area (Å²) in [5.41, 5.74) is 3.89. The summed E-state index contributed by atoms with van der Waals surface area (Å²) in [5.74, 6) is -0.174. The van der Waals surface area contributed by atoms with Crippen molar-refractivity contribution in [2.75, 3.05) is 21.6 Å². The van der Waals surface area contributed by atoms with Crippen LogP contribution in [0.1, 0.15) is 25.0 Å². The fourth-order valence-electron chi connectivity index (χ4n) is 2.41. The number of hydrogen-bond acceptors (Lipinski definition) is 4. The maximum Gasteiger partial charge on any atom is 0.246 e. The molecule has 6 nitrogen and oxygen atoms in total. The molecule has 0 fully saturated rings. The molecule has 26 heavy (non-hydrogen) atoms. The van der Waals surface area contributed by atoms with Gasteiger partial charge in [0, 0.05) is 11.4 Å². The topological polar surface area (TPSA) is 87.3 Å². The second kappa shape index (κ2) is 8.23. The largest absolute Gasteiger partial charge is 0.374 e. The summed E-state index contributed by atoms with van der Waals surface area (Å²) in [6.07, 6.45) is 2.05. The Kier molecular flexibility index (Phi) is 6.26. The van der Waals surface area contributed by atoms with Gasteiger partial charge in [-0.15, -0.1) is 0 Å². The van der Waals surface area contributed by atoms with E-state index < -0.39 is 16.1 Å². The molecule has 2 aromatic rings. The van der Waals surface area contributed by atoms with Gasteiger partial charge in [0.05, 0.1) is 11.9 Å². The Labute approximate surface area is 155 Å². The molecule has 140 valence electrons. The first-order valence-electron chi connectivity index (χ1n) is 8.42. The predicted octanol–water partition coefficient (Wildman–Crippen LogP) is 3.37. The highest BCUT2D eigenvalue weighted by molar-refractivity contribution is 7.92. The summed E-state index contributed by atoms with van der Waals surface area (Å²) < 4.78 is 25.4. The van der Waals surface area contributed by atoms with Crippen molar-refractivity contribution < 1.29 is 13.2 Å². The molecule has 0 heterocycles. The molecule has 0 saturated heterocycles. The minimum Gasteiger partial charge on any atom is -0.374 e. The van der Waals surface area contributed by atoms with Crippen molar-refractivity contribution in [3.05, 3.63) is 53.6 Å². The summed E-state index contributed by atoms with van der Waals surface area (Å²) >= 11 is 0. The molecule has 0 radical (unpaired) electrons. The SMILES string of the molecule is CCc1ccc(NC(=O)[C@@H](C)Nc2ccc(C)c(NS(C)(=O)=O)c2)cc1. The molecular weight excluding hydrogens is 350 g/mol. The van der Waals surface area contributed by atoms with Crippen LogP contribution in [0, 0.1) is 6.92 Å². The number of anilines is 3. The van der Waals surface area contributed by atoms with Crippen molar-refractivity contribution in [2.45, 2.75) is 33.2 Å². The lowest BCUT2D eigenvalue weighted by atomic mass is 10.1. The van der Waals surface area contributed by atoms with Gasteiger partial charge in [-0.2, -0.15) is 0 Å². The van der Waals surface area contributed by atoms with E-state index in [4.69, 9.17) is 0 Å². The third-order valence-corrected chi connectivity index (χ3v) is 4.53. The van der Waals surface area contributed by atoms with E-state index >= 15 is 0 Å². The summed E-state index contributed by atoms with van der Waals surface area (Å²) in [7, 11) is -3.36. The number of benzene rings is 2. The number of carbonyl (C=O) groups excluding carboxylic acids is 1. The Morgan fingerprint density at radius 1 is 1.08 bits per heavy atom. The first-order valence-corrected chi connectivity index (χ1v) is 10.3. The van der Waals surface area contributed by atoms with Crippen LogP contribution in [0.25, 0.3) is 0 Å². The zero-order valence-electron chi connectivity index (χ0n) is 15.5. The molecule has 2 aromatic carbocycles. The molecule has 0 bridgehead atoms. The molecule has 2 rings (SSSR count). The summed E-state index contributed by atoms with van der Waals surface area (Å²) in [6.45, 7) is 5.64. The number of aryl methyl sites for hydroxylation is 2. The van der Waals surface area contributed by atoms with E-state index in [0.29, 0.717) is 11.4 Å². The molecule has 0 aliphatic carbocycles. The van der Waals surface area contributed by atoms with Crippen LogP contribution in [0.4, 0.5) is 17.1 Å². The van der Waals surface area contributed by atoms with E-state index in [0.717, 1.165) is 23.9 Å². The molecule has 1 atom stereocenters. The van der Waals surface area contributed by atoms with Crippen LogP contribution in [-0.2, 0) is 21.2 Å². The van der Waals surface area contributed by atoms with Gasteiger partial charge in [-0.25, -0.2) is 8.42 Å². The molecule has 0 unspecified atom stereocenters. The Morgan fingerprint density at radius 3 is 2.27 bits per heavy atom. The van der Waals surface area contributed by atoms with Gasteiger partial charge >= 0.3 is 0 Å². The Morgan fingerprint density at radius 2 is 1.69 bits per heavy atom. The van der Waals surface area contributed by atoms with Crippen LogP contribution in [0.2, 0.25) is 0 Å². The molecule has 1 amide bonds. The van der Waals surface area contributed by atoms with E-state index in [1.807, 2.05) is 37.3 Å². The maximum atomic E-state index is 12.4. The van der Waals surface area contributed by atoms with Gasteiger partial charge in [-0.3, -0.25) is 9.52 Å². The highest BCUT2D eigenvalue weighted by atomic mass is 32.2. The van der Waals surface area contributed by atoms with E-state index in [1.165, 1.54) is 5.56 Å². The van der Waals surface area contributed by atoms with Crippen molar-refractivity contribution in [1.82, 2.24) is 0 Å². The average Bonchev–Trinajstić information content (AvgIpc) is 2.57. The van der Waals surface area contributed by atoms with Gasteiger partial charge in [0.2, 0.25) is 15.9 Å². The van der Waals surface area contributed by atoms with E-state index in [1.54, 1.807) is 19.1 Å². The third-order valence-electron chi connectivity index (χ3n) is 3.94. The lowest BCUT2D eigenvalue weighted by Crippen LogP contribution is -2.31. The minimum absolute atomic E-state index is 0.174.